The molecule has 1 aromatic carbocycles. The highest BCUT2D eigenvalue weighted by Crippen LogP contribution is 2.36. The Morgan fingerprint density at radius 1 is 1.33 bits per heavy atom. The minimum Gasteiger partial charge on any atom is -0.397 e. The highest BCUT2D eigenvalue weighted by Gasteiger charge is 2.30. The molecule has 116 valence electrons. The largest absolute Gasteiger partial charge is 0.397 e. The van der Waals surface area contributed by atoms with E-state index < -0.39 is 0 Å². The maximum Gasteiger partial charge on any atom is 0.253 e. The van der Waals surface area contributed by atoms with Gasteiger partial charge >= 0.3 is 0 Å². The second-order valence-electron chi connectivity index (χ2n) is 6.58. The molecule has 0 heterocycles. The maximum absolute atomic E-state index is 12.1. The van der Waals surface area contributed by atoms with E-state index in [9.17, 15) is 4.79 Å². The van der Waals surface area contributed by atoms with Gasteiger partial charge in [0, 0.05) is 32.2 Å². The lowest BCUT2D eigenvalue weighted by atomic mass is 10.1. The Morgan fingerprint density at radius 2 is 2.00 bits per heavy atom. The SMILES string of the molecule is CC(C)CCN(c1cc(C(=O)N(C)C)ccc1N)C1CC1. The molecule has 0 atom stereocenters. The maximum atomic E-state index is 12.1. The molecule has 0 saturated heterocycles. The van der Waals surface area contributed by atoms with E-state index in [-0.39, 0.29) is 5.91 Å². The average Bonchev–Trinajstić information content (AvgIpc) is 3.24. The highest BCUT2D eigenvalue weighted by molar-refractivity contribution is 5.96. The Hall–Kier alpha value is -1.71. The summed E-state index contributed by atoms with van der Waals surface area (Å²) in [7, 11) is 3.55. The van der Waals surface area contributed by atoms with Crippen molar-refractivity contribution in [2.24, 2.45) is 5.92 Å². The van der Waals surface area contributed by atoms with Crippen LogP contribution in [0.4, 0.5) is 11.4 Å². The van der Waals surface area contributed by atoms with Crippen LogP contribution in [0.25, 0.3) is 0 Å². The monoisotopic (exact) mass is 289 g/mol. The van der Waals surface area contributed by atoms with Crippen LogP contribution in [0.5, 0.6) is 0 Å². The number of hydrogen-bond acceptors (Lipinski definition) is 3. The Balaban J connectivity index is 2.26. The first-order chi connectivity index (χ1) is 9.90. The predicted octanol–water partition coefficient (Wildman–Crippen LogP) is 2.99. The van der Waals surface area contributed by atoms with Crippen LogP contribution in [0, 0.1) is 5.92 Å². The standard InChI is InChI=1S/C17H27N3O/c1-12(2)9-10-20(14-6-7-14)16-11-13(5-8-15(16)18)17(21)19(3)4/h5,8,11-12,14H,6-7,9-10,18H2,1-4H3. The third kappa shape index (κ3) is 3.90. The van der Waals surface area contributed by atoms with Crippen molar-refractivity contribution in [3.8, 4) is 0 Å². The molecule has 2 N–H and O–H groups in total. The topological polar surface area (TPSA) is 49.6 Å². The van der Waals surface area contributed by atoms with Crippen molar-refractivity contribution in [1.82, 2.24) is 4.90 Å². The average molecular weight is 289 g/mol. The number of carbonyl (C=O) groups is 1. The fourth-order valence-electron chi connectivity index (χ4n) is 2.47. The quantitative estimate of drug-likeness (QED) is 0.819. The van der Waals surface area contributed by atoms with Crippen LogP contribution in [0.1, 0.15) is 43.5 Å². The highest BCUT2D eigenvalue weighted by atomic mass is 16.2. The Kier molecular flexibility index (Phi) is 4.76. The van der Waals surface area contributed by atoms with Crippen molar-refractivity contribution in [1.29, 1.82) is 0 Å². The molecule has 4 nitrogen and oxygen atoms in total. The third-order valence-electron chi connectivity index (χ3n) is 3.93. The Bertz CT molecular complexity index is 507. The van der Waals surface area contributed by atoms with Crippen LogP contribution in [0.15, 0.2) is 18.2 Å². The molecule has 2 rings (SSSR count). The van der Waals surface area contributed by atoms with Crippen molar-refractivity contribution < 1.29 is 4.79 Å². The van der Waals surface area contributed by atoms with Gasteiger partial charge in [0.25, 0.3) is 5.91 Å². The van der Waals surface area contributed by atoms with Gasteiger partial charge in [0.2, 0.25) is 0 Å². The fraction of sp³-hybridized carbons (Fsp3) is 0.588. The molecule has 4 heteroatoms. The van der Waals surface area contributed by atoms with E-state index >= 15 is 0 Å². The zero-order chi connectivity index (χ0) is 15.6. The molecule has 1 saturated carbocycles. The summed E-state index contributed by atoms with van der Waals surface area (Å²) in [5.74, 6) is 0.690. The van der Waals surface area contributed by atoms with Crippen LogP contribution < -0.4 is 10.6 Å². The van der Waals surface area contributed by atoms with E-state index in [1.54, 1.807) is 19.0 Å². The normalized spacial score (nSPS) is 14.3. The minimum absolute atomic E-state index is 0.0239. The van der Waals surface area contributed by atoms with Gasteiger partial charge < -0.3 is 15.5 Å². The summed E-state index contributed by atoms with van der Waals surface area (Å²) in [5.41, 5.74) is 8.66. The molecule has 0 aliphatic heterocycles. The molecule has 0 bridgehead atoms. The summed E-state index contributed by atoms with van der Waals surface area (Å²) in [6, 6.07) is 6.22. The summed E-state index contributed by atoms with van der Waals surface area (Å²) >= 11 is 0. The Labute approximate surface area is 127 Å². The lowest BCUT2D eigenvalue weighted by molar-refractivity contribution is 0.0827. The molecule has 0 radical (unpaired) electrons. The fourth-order valence-corrected chi connectivity index (χ4v) is 2.47. The molecule has 0 unspecified atom stereocenters. The molecule has 0 spiro atoms. The second kappa shape index (κ2) is 6.37. The van der Waals surface area contributed by atoms with Crippen molar-refractivity contribution in [2.75, 3.05) is 31.3 Å². The van der Waals surface area contributed by atoms with Crippen LogP contribution in [-0.4, -0.2) is 37.5 Å². The summed E-state index contributed by atoms with van der Waals surface area (Å²) in [4.78, 5) is 16.1. The van der Waals surface area contributed by atoms with Crippen molar-refractivity contribution >= 4 is 17.3 Å². The number of hydrogen-bond donors (Lipinski definition) is 1. The number of nitrogens with zero attached hydrogens (tertiary/aromatic N) is 2. The molecular weight excluding hydrogens is 262 g/mol. The molecule has 21 heavy (non-hydrogen) atoms. The van der Waals surface area contributed by atoms with Gasteiger partial charge in [-0.25, -0.2) is 0 Å². The number of rotatable bonds is 6. The Morgan fingerprint density at radius 3 is 2.52 bits per heavy atom. The first-order valence-electron chi connectivity index (χ1n) is 7.78. The van der Waals surface area contributed by atoms with E-state index in [0.717, 1.165) is 24.3 Å². The number of carbonyl (C=O) groups excluding carboxylic acids is 1. The molecular formula is C17H27N3O. The number of amides is 1. The van der Waals surface area contributed by atoms with Gasteiger partial charge in [0.1, 0.15) is 0 Å². The third-order valence-corrected chi connectivity index (χ3v) is 3.93. The van der Waals surface area contributed by atoms with E-state index in [0.29, 0.717) is 17.5 Å². The number of nitrogen functional groups attached to an aromatic ring is 1. The molecule has 1 amide bonds. The van der Waals surface area contributed by atoms with E-state index in [1.807, 2.05) is 18.2 Å². The van der Waals surface area contributed by atoms with Gasteiger partial charge in [-0.3, -0.25) is 4.79 Å². The first kappa shape index (κ1) is 15.7. The van der Waals surface area contributed by atoms with Crippen LogP contribution in [0.3, 0.4) is 0 Å². The lowest BCUT2D eigenvalue weighted by Crippen LogP contribution is -2.29. The molecule has 1 aromatic rings. The molecule has 1 fully saturated rings. The lowest BCUT2D eigenvalue weighted by Gasteiger charge is -2.27. The first-order valence-corrected chi connectivity index (χ1v) is 7.78. The minimum atomic E-state index is 0.0239. The number of benzene rings is 1. The van der Waals surface area contributed by atoms with Crippen molar-refractivity contribution in [2.45, 2.75) is 39.2 Å². The predicted molar refractivity (Wildman–Crippen MR) is 88.7 cm³/mol. The van der Waals surface area contributed by atoms with Crippen LogP contribution in [0.2, 0.25) is 0 Å². The molecule has 0 aromatic heterocycles. The van der Waals surface area contributed by atoms with Crippen LogP contribution in [-0.2, 0) is 0 Å². The molecule has 1 aliphatic carbocycles. The van der Waals surface area contributed by atoms with Crippen molar-refractivity contribution in [3.05, 3.63) is 23.8 Å². The number of anilines is 2. The summed E-state index contributed by atoms with van der Waals surface area (Å²) in [6.07, 6.45) is 3.59. The van der Waals surface area contributed by atoms with Gasteiger partial charge in [-0.1, -0.05) is 13.8 Å². The van der Waals surface area contributed by atoms with Gasteiger partial charge in [-0.05, 0) is 43.4 Å². The van der Waals surface area contributed by atoms with Gasteiger partial charge in [0.05, 0.1) is 11.4 Å². The summed E-state index contributed by atoms with van der Waals surface area (Å²) in [5, 5.41) is 0. The van der Waals surface area contributed by atoms with E-state index in [1.165, 1.54) is 12.8 Å². The van der Waals surface area contributed by atoms with E-state index in [2.05, 4.69) is 18.7 Å². The number of nitrogens with two attached hydrogens (primary N) is 1. The van der Waals surface area contributed by atoms with Gasteiger partial charge in [-0.2, -0.15) is 0 Å². The smallest absolute Gasteiger partial charge is 0.253 e. The van der Waals surface area contributed by atoms with Crippen LogP contribution >= 0.6 is 0 Å². The van der Waals surface area contributed by atoms with E-state index in [4.69, 9.17) is 5.73 Å². The zero-order valence-corrected chi connectivity index (χ0v) is 13.6. The summed E-state index contributed by atoms with van der Waals surface area (Å²) in [6.45, 7) is 5.48. The zero-order valence-electron chi connectivity index (χ0n) is 13.6. The van der Waals surface area contributed by atoms with Gasteiger partial charge in [-0.15, -0.1) is 0 Å². The van der Waals surface area contributed by atoms with Crippen molar-refractivity contribution in [3.63, 3.8) is 0 Å². The molecule has 1 aliphatic rings. The summed E-state index contributed by atoms with van der Waals surface area (Å²) < 4.78 is 0. The van der Waals surface area contributed by atoms with Gasteiger partial charge in [0.15, 0.2) is 0 Å². The second-order valence-corrected chi connectivity index (χ2v) is 6.58.